The summed E-state index contributed by atoms with van der Waals surface area (Å²) in [6.45, 7) is 0. The van der Waals surface area contributed by atoms with E-state index in [-0.39, 0.29) is 0 Å². The summed E-state index contributed by atoms with van der Waals surface area (Å²) in [5.74, 6) is -5.43. The predicted octanol–water partition coefficient (Wildman–Crippen LogP) is -0.569. The van der Waals surface area contributed by atoms with Gasteiger partial charge in [-0.3, -0.25) is 0 Å². The molecule has 0 fully saturated rings. The van der Waals surface area contributed by atoms with Crippen LogP contribution in [-0.2, 0) is 9.47 Å². The zero-order chi connectivity index (χ0) is 10.1. The highest BCUT2D eigenvalue weighted by Gasteiger charge is 2.39. The Morgan fingerprint density at radius 3 is 2.62 bits per heavy atom. The van der Waals surface area contributed by atoms with Crippen molar-refractivity contribution in [2.75, 3.05) is 0 Å². The van der Waals surface area contributed by atoms with Crippen molar-refractivity contribution < 1.29 is 29.9 Å². The smallest absolute Gasteiger partial charge is 0.388 e. The number of aliphatic hydroxyl groups is 4. The Balaban J connectivity index is 3.00. The number of hydrogen-bond donors (Lipinski definition) is 4. The van der Waals surface area contributed by atoms with Gasteiger partial charge in [-0.1, -0.05) is 6.42 Å². The normalized spacial score (nSPS) is 19.9. The molecule has 0 aromatic rings. The maximum absolute atomic E-state index is 9.04. The van der Waals surface area contributed by atoms with Crippen LogP contribution in [-0.4, -0.2) is 26.4 Å². The van der Waals surface area contributed by atoms with Crippen molar-refractivity contribution >= 4 is 0 Å². The number of rotatable bonds is 1. The Morgan fingerprint density at radius 1 is 1.46 bits per heavy atom. The van der Waals surface area contributed by atoms with Gasteiger partial charge in [-0.25, -0.2) is 0 Å². The van der Waals surface area contributed by atoms with E-state index in [1.54, 1.807) is 6.11 Å². The Bertz CT molecular complexity index is 318. The molecule has 0 aromatic heterocycles. The van der Waals surface area contributed by atoms with Crippen molar-refractivity contribution in [3.05, 3.63) is 23.5 Å². The minimum atomic E-state index is -2.95. The number of terminal acetylenes is 1. The van der Waals surface area contributed by atoms with Gasteiger partial charge < -0.3 is 29.9 Å². The summed E-state index contributed by atoms with van der Waals surface area (Å²) in [5, 5.41) is 35.6. The van der Waals surface area contributed by atoms with Gasteiger partial charge in [0.25, 0.3) is 0 Å². The summed E-state index contributed by atoms with van der Waals surface area (Å²) in [6, 6.07) is 0. The lowest BCUT2D eigenvalue weighted by atomic mass is 10.3. The molecule has 0 bridgehead atoms. The molecule has 0 saturated carbocycles. The summed E-state index contributed by atoms with van der Waals surface area (Å²) in [7, 11) is 0. The molecule has 0 aromatic carbocycles. The maximum atomic E-state index is 9.04. The van der Waals surface area contributed by atoms with E-state index >= 15 is 0 Å². The van der Waals surface area contributed by atoms with Crippen molar-refractivity contribution in [2.45, 2.75) is 5.97 Å². The van der Waals surface area contributed by atoms with Gasteiger partial charge in [-0.15, -0.1) is 0 Å². The second-order valence-corrected chi connectivity index (χ2v) is 2.13. The van der Waals surface area contributed by atoms with E-state index in [9.17, 15) is 0 Å². The summed E-state index contributed by atoms with van der Waals surface area (Å²) in [5.41, 5.74) is 0. The second kappa shape index (κ2) is 2.90. The third-order valence-corrected chi connectivity index (χ3v) is 1.27. The molecule has 1 rings (SSSR count). The average molecular weight is 186 g/mol. The van der Waals surface area contributed by atoms with E-state index in [2.05, 4.69) is 9.47 Å². The second-order valence-electron chi connectivity index (χ2n) is 2.13. The van der Waals surface area contributed by atoms with E-state index in [0.717, 1.165) is 0 Å². The van der Waals surface area contributed by atoms with Crippen molar-refractivity contribution in [1.29, 1.82) is 0 Å². The summed E-state index contributed by atoms with van der Waals surface area (Å²) in [6.07, 6.45) is 7.09. The Morgan fingerprint density at radius 2 is 2.08 bits per heavy atom. The van der Waals surface area contributed by atoms with Crippen molar-refractivity contribution in [3.8, 4) is 12.5 Å². The summed E-state index contributed by atoms with van der Waals surface area (Å²) in [4.78, 5) is 0. The van der Waals surface area contributed by atoms with Gasteiger partial charge in [0.05, 0.1) is 0 Å². The van der Waals surface area contributed by atoms with E-state index in [1.807, 2.05) is 0 Å². The van der Waals surface area contributed by atoms with Crippen molar-refractivity contribution in [2.24, 2.45) is 0 Å². The highest BCUT2D eigenvalue weighted by atomic mass is 16.8. The fraction of sp³-hybridized carbons (Fsp3) is 0.143. The number of ether oxygens (including phenoxy) is 2. The van der Waals surface area contributed by atoms with Crippen LogP contribution in [0.15, 0.2) is 23.5 Å². The topological polar surface area (TPSA) is 99.4 Å². The lowest BCUT2D eigenvalue weighted by molar-refractivity contribution is -0.306. The lowest BCUT2D eigenvalue weighted by Crippen LogP contribution is -2.36. The van der Waals surface area contributed by atoms with E-state index in [4.69, 9.17) is 26.8 Å². The van der Waals surface area contributed by atoms with Gasteiger partial charge in [0.2, 0.25) is 17.3 Å². The van der Waals surface area contributed by atoms with Crippen LogP contribution in [0.2, 0.25) is 0 Å². The van der Waals surface area contributed by atoms with E-state index in [1.165, 1.54) is 0 Å². The standard InChI is InChI=1S/C7H6O6/c1-2-12-4-3-13-7(10,11)6(9)5(4)8/h1,3,8-11H. The molecule has 0 unspecified atom stereocenters. The minimum absolute atomic E-state index is 0.390. The van der Waals surface area contributed by atoms with Crippen LogP contribution in [0.1, 0.15) is 0 Å². The predicted molar refractivity (Wildman–Crippen MR) is 38.5 cm³/mol. The molecule has 4 N–H and O–H groups in total. The fourth-order valence-corrected chi connectivity index (χ4v) is 0.654. The molecule has 70 valence electrons. The minimum Gasteiger partial charge on any atom is -0.502 e. The molecule has 1 aliphatic rings. The third-order valence-electron chi connectivity index (χ3n) is 1.27. The zero-order valence-electron chi connectivity index (χ0n) is 6.26. The van der Waals surface area contributed by atoms with Gasteiger partial charge in [0, 0.05) is 0 Å². The first-order chi connectivity index (χ1) is 5.99. The molecule has 0 spiro atoms. The van der Waals surface area contributed by atoms with E-state index < -0.39 is 23.3 Å². The molecule has 6 nitrogen and oxygen atoms in total. The molecule has 0 aliphatic carbocycles. The molecule has 0 radical (unpaired) electrons. The fourth-order valence-electron chi connectivity index (χ4n) is 0.654. The SMILES string of the molecule is C#COC1=COC(O)(O)C(O)=C1O. The maximum Gasteiger partial charge on any atom is 0.388 e. The van der Waals surface area contributed by atoms with Crippen LogP contribution in [0, 0.1) is 12.5 Å². The van der Waals surface area contributed by atoms with Crippen LogP contribution in [0.5, 0.6) is 0 Å². The van der Waals surface area contributed by atoms with Crippen molar-refractivity contribution in [1.82, 2.24) is 0 Å². The molecular weight excluding hydrogens is 180 g/mol. The Hall–Kier alpha value is -1.84. The molecule has 13 heavy (non-hydrogen) atoms. The highest BCUT2D eigenvalue weighted by Crippen LogP contribution is 2.26. The Labute approximate surface area is 72.9 Å². The summed E-state index contributed by atoms with van der Waals surface area (Å²) >= 11 is 0. The van der Waals surface area contributed by atoms with Gasteiger partial charge in [0.15, 0.2) is 0 Å². The quantitative estimate of drug-likeness (QED) is 0.323. The van der Waals surface area contributed by atoms with Crippen LogP contribution < -0.4 is 0 Å². The van der Waals surface area contributed by atoms with Gasteiger partial charge in [-0.2, -0.15) is 0 Å². The highest BCUT2D eigenvalue weighted by molar-refractivity contribution is 5.26. The lowest BCUT2D eigenvalue weighted by Gasteiger charge is -2.23. The first-order valence-corrected chi connectivity index (χ1v) is 3.07. The molecular formula is C7H6O6. The molecule has 1 heterocycles. The first kappa shape index (κ1) is 9.25. The average Bonchev–Trinajstić information content (AvgIpc) is 2.07. The first-order valence-electron chi connectivity index (χ1n) is 3.07. The Kier molecular flexibility index (Phi) is 2.06. The van der Waals surface area contributed by atoms with Gasteiger partial charge in [0.1, 0.15) is 12.4 Å². The monoisotopic (exact) mass is 186 g/mol. The molecule has 1 aliphatic heterocycles. The molecule has 0 saturated heterocycles. The third kappa shape index (κ3) is 1.51. The van der Waals surface area contributed by atoms with Crippen LogP contribution in [0.3, 0.4) is 0 Å². The summed E-state index contributed by atoms with van der Waals surface area (Å²) < 4.78 is 8.51. The number of hydrogen-bond acceptors (Lipinski definition) is 6. The molecule has 0 atom stereocenters. The van der Waals surface area contributed by atoms with Gasteiger partial charge in [-0.05, 0) is 0 Å². The van der Waals surface area contributed by atoms with E-state index in [0.29, 0.717) is 6.26 Å². The molecule has 6 heteroatoms. The van der Waals surface area contributed by atoms with Crippen LogP contribution in [0.4, 0.5) is 0 Å². The van der Waals surface area contributed by atoms with Crippen molar-refractivity contribution in [3.63, 3.8) is 0 Å². The van der Waals surface area contributed by atoms with Crippen LogP contribution >= 0.6 is 0 Å². The van der Waals surface area contributed by atoms with Crippen LogP contribution in [0.25, 0.3) is 0 Å². The largest absolute Gasteiger partial charge is 0.502 e. The zero-order valence-corrected chi connectivity index (χ0v) is 6.26. The van der Waals surface area contributed by atoms with Gasteiger partial charge >= 0.3 is 5.97 Å². The molecule has 0 amide bonds. The number of aliphatic hydroxyl groups excluding tert-OH is 2.